The van der Waals surface area contributed by atoms with Gasteiger partial charge in [-0.25, -0.2) is 4.98 Å². The Morgan fingerprint density at radius 2 is 1.96 bits per heavy atom. The fourth-order valence-electron chi connectivity index (χ4n) is 2.61. The van der Waals surface area contributed by atoms with Crippen LogP contribution in [-0.2, 0) is 6.61 Å². The van der Waals surface area contributed by atoms with Gasteiger partial charge in [-0.3, -0.25) is 4.79 Å². The summed E-state index contributed by atoms with van der Waals surface area (Å²) in [6.07, 6.45) is 0. The fraction of sp³-hybridized carbons (Fsp3) is 0.238. The second-order valence-electron chi connectivity index (χ2n) is 6.18. The van der Waals surface area contributed by atoms with Crippen molar-refractivity contribution in [2.45, 2.75) is 26.5 Å². The van der Waals surface area contributed by atoms with Gasteiger partial charge in [0.1, 0.15) is 17.3 Å². The summed E-state index contributed by atoms with van der Waals surface area (Å²) in [5.74, 6) is 1.14. The van der Waals surface area contributed by atoms with Crippen LogP contribution in [0.1, 0.15) is 39.6 Å². The van der Waals surface area contributed by atoms with Crippen LogP contribution < -0.4 is 14.8 Å². The van der Waals surface area contributed by atoms with Crippen molar-refractivity contribution >= 4 is 17.2 Å². The number of methoxy groups -OCH3 is 1. The molecular formula is C21H22N2O3S. The van der Waals surface area contributed by atoms with Crippen LogP contribution in [0.25, 0.3) is 0 Å². The summed E-state index contributed by atoms with van der Waals surface area (Å²) in [5, 5.41) is 5.45. The number of hydrogen-bond acceptors (Lipinski definition) is 5. The van der Waals surface area contributed by atoms with Crippen LogP contribution in [-0.4, -0.2) is 18.0 Å². The zero-order valence-electron chi connectivity index (χ0n) is 15.6. The van der Waals surface area contributed by atoms with Gasteiger partial charge in [0, 0.05) is 5.38 Å². The maximum Gasteiger partial charge on any atom is 0.271 e. The summed E-state index contributed by atoms with van der Waals surface area (Å²) in [6.45, 7) is 4.23. The fourth-order valence-corrected chi connectivity index (χ4v) is 3.30. The van der Waals surface area contributed by atoms with Crippen LogP contribution in [0.4, 0.5) is 0 Å². The number of carbonyl (C=O) groups is 1. The molecule has 1 aromatic heterocycles. The van der Waals surface area contributed by atoms with Crippen LogP contribution in [0.3, 0.4) is 0 Å². The Bertz CT molecular complexity index is 909. The molecule has 0 aliphatic heterocycles. The molecule has 6 heteroatoms. The van der Waals surface area contributed by atoms with Gasteiger partial charge in [-0.15, -0.1) is 11.3 Å². The molecule has 0 spiro atoms. The molecular weight excluding hydrogens is 360 g/mol. The molecule has 0 aliphatic rings. The number of aryl methyl sites for hydroxylation is 1. The van der Waals surface area contributed by atoms with Crippen molar-refractivity contribution in [3.63, 3.8) is 0 Å². The van der Waals surface area contributed by atoms with Crippen LogP contribution in [0.5, 0.6) is 11.5 Å². The third-order valence-corrected chi connectivity index (χ3v) is 4.92. The quantitative estimate of drug-likeness (QED) is 0.652. The molecule has 0 aliphatic carbocycles. The monoisotopic (exact) mass is 382 g/mol. The highest BCUT2D eigenvalue weighted by molar-refractivity contribution is 7.09. The van der Waals surface area contributed by atoms with Crippen molar-refractivity contribution in [3.8, 4) is 11.5 Å². The van der Waals surface area contributed by atoms with Gasteiger partial charge in [0.05, 0.1) is 13.2 Å². The molecule has 0 fully saturated rings. The first kappa shape index (κ1) is 18.9. The highest BCUT2D eigenvalue weighted by Crippen LogP contribution is 2.28. The van der Waals surface area contributed by atoms with Gasteiger partial charge in [-0.2, -0.15) is 0 Å². The number of nitrogens with one attached hydrogen (secondary N) is 1. The standard InChI is InChI=1S/C21H22N2O3S/c1-14-9-10-18(19(11-14)25-3)26-12-20-23-17(13-27-20)21(24)22-15(2)16-7-5-4-6-8-16/h4-11,13,15H,12H2,1-3H3,(H,22,24)/t15-/m1/s1. The summed E-state index contributed by atoms with van der Waals surface area (Å²) in [7, 11) is 1.61. The predicted molar refractivity (Wildman–Crippen MR) is 107 cm³/mol. The molecule has 0 saturated carbocycles. The Balaban J connectivity index is 1.60. The Morgan fingerprint density at radius 3 is 2.70 bits per heavy atom. The zero-order valence-corrected chi connectivity index (χ0v) is 16.4. The largest absolute Gasteiger partial charge is 0.493 e. The summed E-state index contributed by atoms with van der Waals surface area (Å²) >= 11 is 1.40. The zero-order chi connectivity index (χ0) is 19.2. The number of thiazole rings is 1. The van der Waals surface area contributed by atoms with Crippen molar-refractivity contribution in [2.24, 2.45) is 0 Å². The number of hydrogen-bond donors (Lipinski definition) is 1. The van der Waals surface area contributed by atoms with Gasteiger partial charge in [0.25, 0.3) is 5.91 Å². The number of nitrogens with zero attached hydrogens (tertiary/aromatic N) is 1. The number of aromatic nitrogens is 1. The lowest BCUT2D eigenvalue weighted by molar-refractivity contribution is 0.0935. The molecule has 0 saturated heterocycles. The van der Waals surface area contributed by atoms with Crippen LogP contribution in [0.15, 0.2) is 53.9 Å². The Labute approximate surface area is 163 Å². The van der Waals surface area contributed by atoms with E-state index in [9.17, 15) is 4.79 Å². The van der Waals surface area contributed by atoms with Crippen molar-refractivity contribution < 1.29 is 14.3 Å². The molecule has 1 atom stereocenters. The molecule has 1 N–H and O–H groups in total. The molecule has 140 valence electrons. The highest BCUT2D eigenvalue weighted by atomic mass is 32.1. The van der Waals surface area contributed by atoms with E-state index in [4.69, 9.17) is 9.47 Å². The van der Waals surface area contributed by atoms with E-state index in [-0.39, 0.29) is 18.6 Å². The maximum absolute atomic E-state index is 12.4. The van der Waals surface area contributed by atoms with Crippen molar-refractivity contribution in [2.75, 3.05) is 7.11 Å². The molecule has 1 heterocycles. The third-order valence-electron chi connectivity index (χ3n) is 4.10. The molecule has 3 rings (SSSR count). The second kappa shape index (κ2) is 8.68. The molecule has 1 amide bonds. The first-order valence-electron chi connectivity index (χ1n) is 8.64. The van der Waals surface area contributed by atoms with E-state index < -0.39 is 0 Å². The number of rotatable bonds is 7. The molecule has 3 aromatic rings. The normalized spacial score (nSPS) is 11.7. The van der Waals surface area contributed by atoms with E-state index in [0.717, 1.165) is 16.1 Å². The lowest BCUT2D eigenvalue weighted by Crippen LogP contribution is -2.26. The molecule has 0 bridgehead atoms. The van der Waals surface area contributed by atoms with E-state index in [1.165, 1.54) is 11.3 Å². The number of amides is 1. The van der Waals surface area contributed by atoms with Crippen LogP contribution in [0, 0.1) is 6.92 Å². The van der Waals surface area contributed by atoms with Gasteiger partial charge in [0.15, 0.2) is 11.5 Å². The predicted octanol–water partition coefficient (Wildman–Crippen LogP) is 4.53. The minimum Gasteiger partial charge on any atom is -0.493 e. The third kappa shape index (κ3) is 4.86. The van der Waals surface area contributed by atoms with Crippen molar-refractivity contribution in [3.05, 3.63) is 75.7 Å². The minimum atomic E-state index is -0.193. The average Bonchev–Trinajstić information content (AvgIpc) is 3.16. The summed E-state index contributed by atoms with van der Waals surface area (Å²) < 4.78 is 11.1. The molecule has 0 unspecified atom stereocenters. The molecule has 0 radical (unpaired) electrons. The van der Waals surface area contributed by atoms with Gasteiger partial charge in [0.2, 0.25) is 0 Å². The first-order chi connectivity index (χ1) is 13.1. The first-order valence-corrected chi connectivity index (χ1v) is 9.52. The topological polar surface area (TPSA) is 60.5 Å². The summed E-state index contributed by atoms with van der Waals surface area (Å²) in [4.78, 5) is 16.8. The summed E-state index contributed by atoms with van der Waals surface area (Å²) in [6, 6.07) is 15.5. The number of benzene rings is 2. The van der Waals surface area contributed by atoms with Crippen LogP contribution in [0.2, 0.25) is 0 Å². The number of carbonyl (C=O) groups excluding carboxylic acids is 1. The molecule has 27 heavy (non-hydrogen) atoms. The Kier molecular flexibility index (Phi) is 6.08. The summed E-state index contributed by atoms with van der Waals surface area (Å²) in [5.41, 5.74) is 2.55. The Morgan fingerprint density at radius 1 is 1.19 bits per heavy atom. The lowest BCUT2D eigenvalue weighted by Gasteiger charge is -2.13. The maximum atomic E-state index is 12.4. The van der Waals surface area contributed by atoms with E-state index in [2.05, 4.69) is 10.3 Å². The van der Waals surface area contributed by atoms with E-state index in [0.29, 0.717) is 17.2 Å². The average molecular weight is 382 g/mol. The second-order valence-corrected chi connectivity index (χ2v) is 7.12. The minimum absolute atomic E-state index is 0.0862. The lowest BCUT2D eigenvalue weighted by atomic mass is 10.1. The Hall–Kier alpha value is -2.86. The van der Waals surface area contributed by atoms with E-state index in [1.54, 1.807) is 12.5 Å². The van der Waals surface area contributed by atoms with Gasteiger partial charge < -0.3 is 14.8 Å². The highest BCUT2D eigenvalue weighted by Gasteiger charge is 2.15. The van der Waals surface area contributed by atoms with E-state index in [1.807, 2.05) is 62.4 Å². The SMILES string of the molecule is COc1cc(C)ccc1OCc1nc(C(=O)N[C@H](C)c2ccccc2)cs1. The van der Waals surface area contributed by atoms with Gasteiger partial charge >= 0.3 is 0 Å². The molecule has 2 aromatic carbocycles. The van der Waals surface area contributed by atoms with E-state index >= 15 is 0 Å². The van der Waals surface area contributed by atoms with Gasteiger partial charge in [-0.1, -0.05) is 36.4 Å². The van der Waals surface area contributed by atoms with Crippen molar-refractivity contribution in [1.82, 2.24) is 10.3 Å². The van der Waals surface area contributed by atoms with Crippen LogP contribution >= 0.6 is 11.3 Å². The smallest absolute Gasteiger partial charge is 0.271 e. The number of ether oxygens (including phenoxy) is 2. The molecule has 5 nitrogen and oxygen atoms in total. The van der Waals surface area contributed by atoms with Crippen molar-refractivity contribution in [1.29, 1.82) is 0 Å². The van der Waals surface area contributed by atoms with Gasteiger partial charge in [-0.05, 0) is 37.1 Å².